The molecule has 0 saturated heterocycles. The van der Waals surface area contributed by atoms with Crippen LogP contribution in [0, 0.1) is 5.82 Å². The molecule has 2 rings (SSSR count). The lowest BCUT2D eigenvalue weighted by Gasteiger charge is -2.13. The molecule has 0 bridgehead atoms. The van der Waals surface area contributed by atoms with Crippen molar-refractivity contribution in [2.24, 2.45) is 0 Å². The van der Waals surface area contributed by atoms with Gasteiger partial charge in [-0.3, -0.25) is 14.4 Å². The van der Waals surface area contributed by atoms with E-state index in [0.717, 1.165) is 19.3 Å². The molecule has 1 aliphatic rings. The molecule has 0 aromatic heterocycles. The molecule has 0 unspecified atom stereocenters. The minimum Gasteiger partial charge on any atom is -0.456 e. The van der Waals surface area contributed by atoms with Gasteiger partial charge in [0.2, 0.25) is 0 Å². The Hall–Kier alpha value is -2.50. The second kappa shape index (κ2) is 10.5. The lowest BCUT2D eigenvalue weighted by Crippen LogP contribution is -2.30. The Morgan fingerprint density at radius 1 is 1.08 bits per heavy atom. The molecule has 0 heterocycles. The smallest absolute Gasteiger partial charge is 0.306 e. The predicted octanol–water partition coefficient (Wildman–Crippen LogP) is 3.34. The molecule has 0 aliphatic heterocycles. The van der Waals surface area contributed by atoms with Gasteiger partial charge in [-0.05, 0) is 56.4 Å². The molecule has 1 amide bonds. The summed E-state index contributed by atoms with van der Waals surface area (Å²) >= 11 is 0. The van der Waals surface area contributed by atoms with Crippen LogP contribution in [0.15, 0.2) is 35.9 Å². The summed E-state index contributed by atoms with van der Waals surface area (Å²) in [6.07, 6.45) is 7.53. The van der Waals surface area contributed by atoms with E-state index >= 15 is 0 Å². The second-order valence-corrected chi connectivity index (χ2v) is 6.30. The predicted molar refractivity (Wildman–Crippen MR) is 95.1 cm³/mol. The van der Waals surface area contributed by atoms with Crippen LogP contribution < -0.4 is 5.32 Å². The van der Waals surface area contributed by atoms with E-state index in [0.29, 0.717) is 12.1 Å². The van der Waals surface area contributed by atoms with Crippen LogP contribution in [0.1, 0.15) is 55.3 Å². The number of hydrogen-bond acceptors (Lipinski definition) is 4. The zero-order chi connectivity index (χ0) is 18.8. The molecule has 6 heteroatoms. The average Bonchev–Trinajstić information content (AvgIpc) is 2.66. The largest absolute Gasteiger partial charge is 0.456 e. The van der Waals surface area contributed by atoms with Gasteiger partial charge in [0.1, 0.15) is 5.82 Å². The number of rotatable bonds is 9. The number of halogens is 1. The fourth-order valence-corrected chi connectivity index (χ4v) is 2.76. The average molecular weight is 361 g/mol. The third-order valence-electron chi connectivity index (χ3n) is 4.24. The highest BCUT2D eigenvalue weighted by Gasteiger charge is 2.12. The van der Waals surface area contributed by atoms with Gasteiger partial charge in [0.15, 0.2) is 12.4 Å². The number of hydrogen-bond donors (Lipinski definition) is 1. The number of allylic oxidation sites excluding steroid dienone is 1. The van der Waals surface area contributed by atoms with Crippen molar-refractivity contribution in [3.05, 3.63) is 47.3 Å². The summed E-state index contributed by atoms with van der Waals surface area (Å²) in [5.41, 5.74) is 1.71. The van der Waals surface area contributed by atoms with Crippen molar-refractivity contribution in [1.29, 1.82) is 0 Å². The van der Waals surface area contributed by atoms with Crippen molar-refractivity contribution >= 4 is 17.7 Å². The molecular weight excluding hydrogens is 337 g/mol. The Morgan fingerprint density at radius 2 is 1.85 bits per heavy atom. The number of Topliss-reactive ketones (excluding diaryl/α,β-unsaturated/α-hetero) is 1. The molecule has 5 nitrogen and oxygen atoms in total. The van der Waals surface area contributed by atoms with Gasteiger partial charge in [0.25, 0.3) is 5.91 Å². The Labute approximate surface area is 152 Å². The minimum absolute atomic E-state index is 0.0414. The number of carbonyl (C=O) groups excluding carboxylic acids is 3. The summed E-state index contributed by atoms with van der Waals surface area (Å²) < 4.78 is 17.7. The molecule has 1 aromatic carbocycles. The molecule has 0 saturated carbocycles. The molecule has 0 atom stereocenters. The highest BCUT2D eigenvalue weighted by Crippen LogP contribution is 2.19. The molecule has 1 aromatic rings. The first-order valence-electron chi connectivity index (χ1n) is 8.93. The molecule has 1 N–H and O–H groups in total. The monoisotopic (exact) mass is 361 g/mol. The normalized spacial score (nSPS) is 13.7. The van der Waals surface area contributed by atoms with Crippen molar-refractivity contribution in [2.75, 3.05) is 13.2 Å². The molecule has 1 aliphatic carbocycles. The lowest BCUT2D eigenvalue weighted by atomic mass is 9.97. The van der Waals surface area contributed by atoms with Gasteiger partial charge in [0, 0.05) is 18.5 Å². The molecule has 26 heavy (non-hydrogen) atoms. The zero-order valence-electron chi connectivity index (χ0n) is 14.8. The summed E-state index contributed by atoms with van der Waals surface area (Å²) in [4.78, 5) is 35.2. The molecular formula is C20H24FNO4. The van der Waals surface area contributed by atoms with Crippen LogP contribution >= 0.6 is 0 Å². The topological polar surface area (TPSA) is 72.5 Å². The fourth-order valence-electron chi connectivity index (χ4n) is 2.76. The first-order valence-corrected chi connectivity index (χ1v) is 8.93. The number of benzene rings is 1. The standard InChI is InChI=1S/C20H24FNO4/c21-17-8-6-16(7-9-17)18(23)10-11-20(25)26-14-19(24)22-13-12-15-4-2-1-3-5-15/h4,6-9H,1-3,5,10-14H2,(H,22,24). The van der Waals surface area contributed by atoms with Crippen LogP contribution in [0.3, 0.4) is 0 Å². The van der Waals surface area contributed by atoms with Gasteiger partial charge in [-0.1, -0.05) is 11.6 Å². The number of nitrogens with one attached hydrogen (secondary N) is 1. The Balaban J connectivity index is 1.58. The minimum atomic E-state index is -0.606. The fraction of sp³-hybridized carbons (Fsp3) is 0.450. The van der Waals surface area contributed by atoms with Crippen molar-refractivity contribution in [3.63, 3.8) is 0 Å². The van der Waals surface area contributed by atoms with E-state index in [4.69, 9.17) is 4.74 Å². The number of carbonyl (C=O) groups is 3. The first kappa shape index (κ1) is 19.8. The van der Waals surface area contributed by atoms with Gasteiger partial charge >= 0.3 is 5.97 Å². The summed E-state index contributed by atoms with van der Waals surface area (Å²) in [7, 11) is 0. The lowest BCUT2D eigenvalue weighted by molar-refractivity contribution is -0.148. The van der Waals surface area contributed by atoms with E-state index in [1.54, 1.807) is 0 Å². The van der Waals surface area contributed by atoms with E-state index in [-0.39, 0.29) is 31.1 Å². The zero-order valence-corrected chi connectivity index (χ0v) is 14.8. The van der Waals surface area contributed by atoms with Gasteiger partial charge in [-0.15, -0.1) is 0 Å². The number of ketones is 1. The third kappa shape index (κ3) is 7.17. The quantitative estimate of drug-likeness (QED) is 0.416. The molecule has 0 spiro atoms. The van der Waals surface area contributed by atoms with Gasteiger partial charge < -0.3 is 10.1 Å². The van der Waals surface area contributed by atoms with Gasteiger partial charge in [0.05, 0.1) is 6.42 Å². The summed E-state index contributed by atoms with van der Waals surface area (Å²) in [6.45, 7) is 0.188. The summed E-state index contributed by atoms with van der Waals surface area (Å²) in [6, 6.07) is 5.13. The van der Waals surface area contributed by atoms with E-state index in [1.165, 1.54) is 42.7 Å². The Morgan fingerprint density at radius 3 is 2.54 bits per heavy atom. The molecule has 0 radical (unpaired) electrons. The third-order valence-corrected chi connectivity index (χ3v) is 4.24. The van der Waals surface area contributed by atoms with Crippen LogP contribution in [0.5, 0.6) is 0 Å². The Bertz CT molecular complexity index is 667. The van der Waals surface area contributed by atoms with Crippen LogP contribution in [-0.4, -0.2) is 30.8 Å². The number of ether oxygens (including phenoxy) is 1. The van der Waals surface area contributed by atoms with Gasteiger partial charge in [-0.25, -0.2) is 4.39 Å². The highest BCUT2D eigenvalue weighted by atomic mass is 19.1. The molecule has 140 valence electrons. The number of esters is 1. The van der Waals surface area contributed by atoms with Gasteiger partial charge in [-0.2, -0.15) is 0 Å². The van der Waals surface area contributed by atoms with Crippen molar-refractivity contribution in [3.8, 4) is 0 Å². The van der Waals surface area contributed by atoms with Crippen molar-refractivity contribution < 1.29 is 23.5 Å². The van der Waals surface area contributed by atoms with Crippen LogP contribution in [0.2, 0.25) is 0 Å². The maximum absolute atomic E-state index is 12.8. The second-order valence-electron chi connectivity index (χ2n) is 6.30. The SMILES string of the molecule is O=C(COC(=O)CCC(=O)c1ccc(F)cc1)NCCC1=CCCCC1. The van der Waals surface area contributed by atoms with Crippen molar-refractivity contribution in [1.82, 2.24) is 5.32 Å². The van der Waals surface area contributed by atoms with E-state index in [1.807, 2.05) is 0 Å². The van der Waals surface area contributed by atoms with Crippen molar-refractivity contribution in [2.45, 2.75) is 44.9 Å². The van der Waals surface area contributed by atoms with Crippen LogP contribution in [0.25, 0.3) is 0 Å². The maximum Gasteiger partial charge on any atom is 0.306 e. The summed E-state index contributed by atoms with van der Waals surface area (Å²) in [5, 5.41) is 2.72. The number of amides is 1. The summed E-state index contributed by atoms with van der Waals surface area (Å²) in [5.74, 6) is -1.65. The highest BCUT2D eigenvalue weighted by molar-refractivity contribution is 5.97. The first-order chi connectivity index (χ1) is 12.5. The van der Waals surface area contributed by atoms with E-state index < -0.39 is 11.8 Å². The van der Waals surface area contributed by atoms with E-state index in [9.17, 15) is 18.8 Å². The van der Waals surface area contributed by atoms with Crippen LogP contribution in [-0.2, 0) is 14.3 Å². The maximum atomic E-state index is 12.8. The molecule has 0 fully saturated rings. The Kier molecular flexibility index (Phi) is 7.99. The van der Waals surface area contributed by atoms with E-state index in [2.05, 4.69) is 11.4 Å². The van der Waals surface area contributed by atoms with Crippen LogP contribution in [0.4, 0.5) is 4.39 Å².